The summed E-state index contributed by atoms with van der Waals surface area (Å²) in [5, 5.41) is 11.0. The molecule has 0 atom stereocenters. The van der Waals surface area contributed by atoms with Crippen molar-refractivity contribution >= 4 is 33.4 Å². The van der Waals surface area contributed by atoms with Crippen molar-refractivity contribution in [2.75, 3.05) is 16.6 Å². The molecule has 3 rings (SSSR count). The second kappa shape index (κ2) is 6.45. The second-order valence-electron chi connectivity index (χ2n) is 5.18. The molecule has 0 amide bonds. The number of hydrogen-bond acceptors (Lipinski definition) is 5. The maximum atomic E-state index is 13.5. The first kappa shape index (κ1) is 16.8. The van der Waals surface area contributed by atoms with Gasteiger partial charge in [0, 0.05) is 17.0 Å². The van der Waals surface area contributed by atoms with Crippen LogP contribution in [-0.2, 0) is 10.0 Å². The minimum atomic E-state index is -4.01. The number of aromatic carboxylic acids is 1. The molecule has 0 aliphatic carbocycles. The second-order valence-corrected chi connectivity index (χ2v) is 8.18. The zero-order valence-corrected chi connectivity index (χ0v) is 14.1. The Bertz CT molecular complexity index is 899. The summed E-state index contributed by atoms with van der Waals surface area (Å²) in [6.07, 6.45) is 0.646. The van der Waals surface area contributed by atoms with Gasteiger partial charge < -0.3 is 9.90 Å². The number of sulfonamides is 1. The average molecular weight is 366 g/mol. The first-order valence-electron chi connectivity index (χ1n) is 7.17. The van der Waals surface area contributed by atoms with E-state index in [0.29, 0.717) is 12.1 Å². The number of anilines is 1. The number of fused-ring (bicyclic) bond motifs is 1. The molecule has 24 heavy (non-hydrogen) atoms. The number of benzene rings is 2. The van der Waals surface area contributed by atoms with Crippen LogP contribution in [0.5, 0.6) is 0 Å². The Hall–Kier alpha value is -2.06. The third kappa shape index (κ3) is 2.99. The number of carboxylic acid groups (broad SMARTS) is 1. The van der Waals surface area contributed by atoms with Crippen LogP contribution >= 0.6 is 11.8 Å². The summed E-state index contributed by atoms with van der Waals surface area (Å²) >= 11 is 1.56. The van der Waals surface area contributed by atoms with E-state index in [4.69, 9.17) is 0 Å². The Morgan fingerprint density at radius 3 is 2.71 bits per heavy atom. The Morgan fingerprint density at radius 1 is 1.21 bits per heavy atom. The highest BCUT2D eigenvalue weighted by molar-refractivity contribution is 7.99. The molecule has 0 saturated heterocycles. The number of nitrogens with zero attached hydrogens (tertiary/aromatic N) is 1. The minimum absolute atomic E-state index is 0.268. The van der Waals surface area contributed by atoms with E-state index in [1.54, 1.807) is 23.9 Å². The lowest BCUT2D eigenvalue weighted by Crippen LogP contribution is -2.32. The van der Waals surface area contributed by atoms with Crippen molar-refractivity contribution in [2.45, 2.75) is 16.2 Å². The third-order valence-electron chi connectivity index (χ3n) is 3.64. The van der Waals surface area contributed by atoms with Crippen LogP contribution in [0, 0.1) is 5.82 Å². The van der Waals surface area contributed by atoms with Gasteiger partial charge in [-0.1, -0.05) is 12.1 Å². The number of hydrogen-bond donors (Lipinski definition) is 0. The summed E-state index contributed by atoms with van der Waals surface area (Å²) < 4.78 is 40.7. The highest BCUT2D eigenvalue weighted by Gasteiger charge is 2.28. The van der Waals surface area contributed by atoms with E-state index < -0.39 is 27.4 Å². The highest BCUT2D eigenvalue weighted by Crippen LogP contribution is 2.36. The predicted molar refractivity (Wildman–Crippen MR) is 87.0 cm³/mol. The van der Waals surface area contributed by atoms with E-state index in [2.05, 4.69) is 0 Å². The Kier molecular flexibility index (Phi) is 4.51. The fourth-order valence-electron chi connectivity index (χ4n) is 2.49. The molecule has 0 bridgehead atoms. The molecule has 0 aromatic heterocycles. The van der Waals surface area contributed by atoms with Crippen LogP contribution in [0.4, 0.5) is 10.1 Å². The first-order valence-corrected chi connectivity index (χ1v) is 9.59. The van der Waals surface area contributed by atoms with Crippen LogP contribution in [0.2, 0.25) is 0 Å². The molecular weight excluding hydrogens is 353 g/mol. The van der Waals surface area contributed by atoms with E-state index in [9.17, 15) is 22.7 Å². The number of carbonyl (C=O) groups excluding carboxylic acids is 1. The van der Waals surface area contributed by atoms with Crippen molar-refractivity contribution in [3.63, 3.8) is 0 Å². The molecule has 5 nitrogen and oxygen atoms in total. The summed E-state index contributed by atoms with van der Waals surface area (Å²) in [6, 6.07) is 9.81. The maximum Gasteiger partial charge on any atom is 0.264 e. The standard InChI is InChI=1S/C16H14FNO4S2/c17-13-7-6-11(10-12(13)16(19)20)24(21,22)18-8-3-9-23-15-5-2-1-4-14(15)18/h1-2,4-7,10H,3,8-9H2,(H,19,20)/p-1. The van der Waals surface area contributed by atoms with E-state index in [0.717, 1.165) is 28.8 Å². The first-order chi connectivity index (χ1) is 11.4. The molecule has 8 heteroatoms. The van der Waals surface area contributed by atoms with Crippen molar-refractivity contribution in [3.8, 4) is 0 Å². The van der Waals surface area contributed by atoms with Crippen molar-refractivity contribution in [1.82, 2.24) is 0 Å². The molecule has 0 radical (unpaired) electrons. The minimum Gasteiger partial charge on any atom is -0.545 e. The molecule has 2 aromatic carbocycles. The summed E-state index contributed by atoms with van der Waals surface area (Å²) in [5.74, 6) is -2.01. The number of carbonyl (C=O) groups is 1. The lowest BCUT2D eigenvalue weighted by molar-refractivity contribution is -0.255. The highest BCUT2D eigenvalue weighted by atomic mass is 32.2. The number of halogens is 1. The van der Waals surface area contributed by atoms with Crippen LogP contribution in [0.1, 0.15) is 16.8 Å². The van der Waals surface area contributed by atoms with Crippen LogP contribution in [0.3, 0.4) is 0 Å². The molecule has 0 spiro atoms. The van der Waals surface area contributed by atoms with Gasteiger partial charge in [-0.25, -0.2) is 12.8 Å². The summed E-state index contributed by atoms with van der Waals surface area (Å²) in [6.45, 7) is 0.268. The van der Waals surface area contributed by atoms with Gasteiger partial charge in [0.05, 0.1) is 16.6 Å². The average Bonchev–Trinajstić information content (AvgIpc) is 2.77. The summed E-state index contributed by atoms with van der Waals surface area (Å²) in [7, 11) is -4.01. The summed E-state index contributed by atoms with van der Waals surface area (Å²) in [5.41, 5.74) is -0.229. The molecular formula is C16H13FNO4S2-. The fourth-order valence-corrected chi connectivity index (χ4v) is 5.10. The van der Waals surface area contributed by atoms with E-state index in [1.165, 1.54) is 4.31 Å². The fraction of sp³-hybridized carbons (Fsp3) is 0.188. The molecule has 1 aliphatic heterocycles. The molecule has 1 aliphatic rings. The molecule has 0 N–H and O–H groups in total. The van der Waals surface area contributed by atoms with E-state index in [1.807, 2.05) is 12.1 Å². The van der Waals surface area contributed by atoms with Gasteiger partial charge in [0.1, 0.15) is 5.82 Å². The van der Waals surface area contributed by atoms with Gasteiger partial charge in [0.25, 0.3) is 10.0 Å². The van der Waals surface area contributed by atoms with Crippen LogP contribution in [-0.4, -0.2) is 26.7 Å². The summed E-state index contributed by atoms with van der Waals surface area (Å²) in [4.78, 5) is 11.5. The van der Waals surface area contributed by atoms with Gasteiger partial charge in [-0.3, -0.25) is 4.31 Å². The van der Waals surface area contributed by atoms with Crippen LogP contribution < -0.4 is 9.41 Å². The molecule has 1 heterocycles. The van der Waals surface area contributed by atoms with Gasteiger partial charge in [-0.15, -0.1) is 11.8 Å². The Balaban J connectivity index is 2.11. The Labute approximate surface area is 143 Å². The molecule has 126 valence electrons. The van der Waals surface area contributed by atoms with Crippen LogP contribution in [0.25, 0.3) is 0 Å². The lowest BCUT2D eigenvalue weighted by Gasteiger charge is -2.24. The topological polar surface area (TPSA) is 77.5 Å². The normalized spacial score (nSPS) is 14.8. The molecule has 0 unspecified atom stereocenters. The SMILES string of the molecule is O=C([O-])c1cc(S(=O)(=O)N2CCCSc3ccccc32)ccc1F. The number of rotatable bonds is 3. The smallest absolute Gasteiger partial charge is 0.264 e. The van der Waals surface area contributed by atoms with E-state index >= 15 is 0 Å². The van der Waals surface area contributed by atoms with Crippen molar-refractivity contribution < 1.29 is 22.7 Å². The van der Waals surface area contributed by atoms with Gasteiger partial charge in [0.15, 0.2) is 0 Å². The van der Waals surface area contributed by atoms with Crippen molar-refractivity contribution in [1.29, 1.82) is 0 Å². The maximum absolute atomic E-state index is 13.5. The third-order valence-corrected chi connectivity index (χ3v) is 6.60. The van der Waals surface area contributed by atoms with E-state index in [-0.39, 0.29) is 11.4 Å². The van der Waals surface area contributed by atoms with Gasteiger partial charge in [0.2, 0.25) is 0 Å². The lowest BCUT2D eigenvalue weighted by atomic mass is 10.2. The predicted octanol–water partition coefficient (Wildman–Crippen LogP) is 1.88. The monoisotopic (exact) mass is 366 g/mol. The van der Waals surface area contributed by atoms with Gasteiger partial charge in [-0.05, 0) is 42.5 Å². The molecule has 0 saturated carbocycles. The largest absolute Gasteiger partial charge is 0.545 e. The molecule has 2 aromatic rings. The zero-order valence-electron chi connectivity index (χ0n) is 12.4. The number of thioether (sulfide) groups is 1. The molecule has 0 fully saturated rings. The number of carboxylic acids is 1. The van der Waals surface area contributed by atoms with Crippen molar-refractivity contribution in [3.05, 3.63) is 53.8 Å². The van der Waals surface area contributed by atoms with Gasteiger partial charge in [-0.2, -0.15) is 0 Å². The Morgan fingerprint density at radius 2 is 1.96 bits per heavy atom. The van der Waals surface area contributed by atoms with Crippen LogP contribution in [0.15, 0.2) is 52.3 Å². The quantitative estimate of drug-likeness (QED) is 0.829. The zero-order chi connectivity index (χ0) is 17.3. The van der Waals surface area contributed by atoms with Crippen molar-refractivity contribution in [2.24, 2.45) is 0 Å². The number of para-hydroxylation sites is 1. The van der Waals surface area contributed by atoms with Gasteiger partial charge >= 0.3 is 0 Å².